The maximum absolute atomic E-state index is 9.89. The Morgan fingerprint density at radius 1 is 1.11 bits per heavy atom. The molecule has 1 N–H and O–H groups in total. The first-order valence-electron chi connectivity index (χ1n) is 6.72. The van der Waals surface area contributed by atoms with Gasteiger partial charge in [-0.2, -0.15) is 0 Å². The molecular weight excluding hydrogens is 256 g/mol. The minimum Gasteiger partial charge on any atom is -0.393 e. The summed E-state index contributed by atoms with van der Waals surface area (Å²) in [4.78, 5) is 0. The summed E-state index contributed by atoms with van der Waals surface area (Å²) in [5.41, 5.74) is 3.29. The van der Waals surface area contributed by atoms with Gasteiger partial charge in [-0.05, 0) is 30.0 Å². The van der Waals surface area contributed by atoms with Gasteiger partial charge in [-0.25, -0.2) is 0 Å². The predicted octanol–water partition coefficient (Wildman–Crippen LogP) is 4.71. The van der Waals surface area contributed by atoms with Crippen LogP contribution in [0.4, 0.5) is 0 Å². The molecule has 0 radical (unpaired) electrons. The van der Waals surface area contributed by atoms with Crippen molar-refractivity contribution in [2.24, 2.45) is 0 Å². The first kappa shape index (κ1) is 14.1. The Hall–Kier alpha value is -1.31. The van der Waals surface area contributed by atoms with Gasteiger partial charge in [0.2, 0.25) is 0 Å². The van der Waals surface area contributed by atoms with Crippen molar-refractivity contribution < 1.29 is 5.11 Å². The zero-order valence-corrected chi connectivity index (χ0v) is 11.9. The minimum absolute atomic E-state index is 0.258. The fourth-order valence-corrected chi connectivity index (χ4v) is 2.51. The maximum atomic E-state index is 9.89. The molecular formula is C17H19ClO. The van der Waals surface area contributed by atoms with Gasteiger partial charge in [0, 0.05) is 10.6 Å². The molecule has 0 aliphatic heterocycles. The first-order chi connectivity index (χ1) is 9.20. The molecule has 0 spiro atoms. The van der Waals surface area contributed by atoms with Gasteiger partial charge in [-0.3, -0.25) is 0 Å². The Balaban J connectivity index is 2.22. The molecule has 2 heteroatoms. The summed E-state index contributed by atoms with van der Waals surface area (Å²) in [5, 5.41) is 10.7. The Bertz CT molecular complexity index is 536. The van der Waals surface area contributed by atoms with E-state index in [2.05, 4.69) is 25.1 Å². The van der Waals surface area contributed by atoms with Crippen LogP contribution >= 0.6 is 11.6 Å². The third-order valence-electron chi connectivity index (χ3n) is 3.21. The zero-order chi connectivity index (χ0) is 13.7. The molecule has 0 fully saturated rings. The van der Waals surface area contributed by atoms with E-state index in [9.17, 15) is 5.11 Å². The summed E-state index contributed by atoms with van der Waals surface area (Å²) in [6.45, 7) is 2.09. The van der Waals surface area contributed by atoms with Crippen LogP contribution in [0.5, 0.6) is 0 Å². The highest BCUT2D eigenvalue weighted by Crippen LogP contribution is 2.28. The van der Waals surface area contributed by atoms with E-state index in [0.29, 0.717) is 6.42 Å². The molecule has 0 aliphatic rings. The van der Waals surface area contributed by atoms with Crippen LogP contribution < -0.4 is 0 Å². The highest BCUT2D eigenvalue weighted by atomic mass is 35.5. The highest BCUT2D eigenvalue weighted by Gasteiger charge is 2.07. The summed E-state index contributed by atoms with van der Waals surface area (Å²) in [5.74, 6) is 0. The number of hydrogen-bond donors (Lipinski definition) is 1. The van der Waals surface area contributed by atoms with Gasteiger partial charge in [-0.1, -0.05) is 67.4 Å². The van der Waals surface area contributed by atoms with Gasteiger partial charge < -0.3 is 5.11 Å². The van der Waals surface area contributed by atoms with Crippen molar-refractivity contribution in [3.05, 3.63) is 59.1 Å². The lowest BCUT2D eigenvalue weighted by molar-refractivity contribution is 0.164. The van der Waals surface area contributed by atoms with Crippen LogP contribution in [0.1, 0.15) is 25.3 Å². The highest BCUT2D eigenvalue weighted by molar-refractivity contribution is 6.33. The van der Waals surface area contributed by atoms with Crippen LogP contribution in [-0.4, -0.2) is 11.2 Å². The Kier molecular flexibility index (Phi) is 5.00. The Morgan fingerprint density at radius 3 is 2.63 bits per heavy atom. The minimum atomic E-state index is -0.258. The van der Waals surface area contributed by atoms with E-state index in [1.54, 1.807) is 0 Å². The molecule has 100 valence electrons. The number of hydrogen-bond acceptors (Lipinski definition) is 1. The van der Waals surface area contributed by atoms with Crippen molar-refractivity contribution >= 4 is 11.6 Å². The van der Waals surface area contributed by atoms with E-state index < -0.39 is 0 Å². The lowest BCUT2D eigenvalue weighted by Crippen LogP contribution is -2.09. The summed E-state index contributed by atoms with van der Waals surface area (Å²) in [6, 6.07) is 16.1. The van der Waals surface area contributed by atoms with Crippen LogP contribution in [0.25, 0.3) is 11.1 Å². The molecule has 2 aromatic carbocycles. The molecule has 0 bridgehead atoms. The van der Waals surface area contributed by atoms with Crippen LogP contribution in [-0.2, 0) is 6.42 Å². The Morgan fingerprint density at radius 2 is 1.89 bits per heavy atom. The SMILES string of the molecule is CCC[C@H](O)Cc1cccc(-c2ccccc2Cl)c1. The van der Waals surface area contributed by atoms with E-state index in [0.717, 1.165) is 34.6 Å². The first-order valence-corrected chi connectivity index (χ1v) is 7.10. The average Bonchev–Trinajstić information content (AvgIpc) is 2.40. The van der Waals surface area contributed by atoms with E-state index in [4.69, 9.17) is 11.6 Å². The smallest absolute Gasteiger partial charge is 0.0580 e. The fraction of sp³-hybridized carbons (Fsp3) is 0.294. The third-order valence-corrected chi connectivity index (χ3v) is 3.53. The fourth-order valence-electron chi connectivity index (χ4n) is 2.27. The normalized spacial score (nSPS) is 12.4. The molecule has 0 aromatic heterocycles. The average molecular weight is 275 g/mol. The molecule has 0 aliphatic carbocycles. The van der Waals surface area contributed by atoms with E-state index in [1.807, 2.05) is 30.3 Å². The predicted molar refractivity (Wildman–Crippen MR) is 81.5 cm³/mol. The second-order valence-electron chi connectivity index (χ2n) is 4.83. The lowest BCUT2D eigenvalue weighted by atomic mass is 9.99. The van der Waals surface area contributed by atoms with E-state index in [-0.39, 0.29) is 6.10 Å². The largest absolute Gasteiger partial charge is 0.393 e. The van der Waals surface area contributed by atoms with Crippen LogP contribution in [0, 0.1) is 0 Å². The van der Waals surface area contributed by atoms with Gasteiger partial charge in [0.1, 0.15) is 0 Å². The van der Waals surface area contributed by atoms with Crippen molar-refractivity contribution in [1.29, 1.82) is 0 Å². The van der Waals surface area contributed by atoms with Gasteiger partial charge in [0.15, 0.2) is 0 Å². The van der Waals surface area contributed by atoms with Crippen molar-refractivity contribution in [3.8, 4) is 11.1 Å². The summed E-state index contributed by atoms with van der Waals surface area (Å²) in [6.07, 6.45) is 2.29. The molecule has 19 heavy (non-hydrogen) atoms. The van der Waals surface area contributed by atoms with Gasteiger partial charge in [0.25, 0.3) is 0 Å². The number of benzene rings is 2. The van der Waals surface area contributed by atoms with Crippen LogP contribution in [0.15, 0.2) is 48.5 Å². The summed E-state index contributed by atoms with van der Waals surface area (Å²) >= 11 is 6.22. The lowest BCUT2D eigenvalue weighted by Gasteiger charge is -2.11. The summed E-state index contributed by atoms with van der Waals surface area (Å²) in [7, 11) is 0. The second-order valence-corrected chi connectivity index (χ2v) is 5.23. The third kappa shape index (κ3) is 3.82. The molecule has 1 nitrogen and oxygen atoms in total. The van der Waals surface area contributed by atoms with Crippen molar-refractivity contribution in [2.45, 2.75) is 32.3 Å². The van der Waals surface area contributed by atoms with Crippen molar-refractivity contribution in [3.63, 3.8) is 0 Å². The second kappa shape index (κ2) is 6.74. The Labute approximate surface area is 119 Å². The molecule has 2 rings (SSSR count). The van der Waals surface area contributed by atoms with Crippen molar-refractivity contribution in [1.82, 2.24) is 0 Å². The van der Waals surface area contributed by atoms with Crippen LogP contribution in [0.2, 0.25) is 5.02 Å². The zero-order valence-electron chi connectivity index (χ0n) is 11.1. The molecule has 1 atom stereocenters. The van der Waals surface area contributed by atoms with Crippen molar-refractivity contribution in [2.75, 3.05) is 0 Å². The standard InChI is InChI=1S/C17H19ClO/c1-2-6-15(19)12-13-7-5-8-14(11-13)16-9-3-4-10-17(16)18/h3-5,7-11,15,19H,2,6,12H2,1H3/t15-/m0/s1. The molecule has 0 saturated heterocycles. The molecule has 2 aromatic rings. The van der Waals surface area contributed by atoms with Crippen LogP contribution in [0.3, 0.4) is 0 Å². The van der Waals surface area contributed by atoms with Gasteiger partial charge >= 0.3 is 0 Å². The van der Waals surface area contributed by atoms with Gasteiger partial charge in [-0.15, -0.1) is 0 Å². The van der Waals surface area contributed by atoms with E-state index >= 15 is 0 Å². The van der Waals surface area contributed by atoms with E-state index in [1.165, 1.54) is 0 Å². The number of halogens is 1. The molecule has 0 unspecified atom stereocenters. The topological polar surface area (TPSA) is 20.2 Å². The number of rotatable bonds is 5. The number of aliphatic hydroxyl groups excluding tert-OH is 1. The molecule has 0 heterocycles. The quantitative estimate of drug-likeness (QED) is 0.837. The molecule has 0 amide bonds. The maximum Gasteiger partial charge on any atom is 0.0580 e. The number of aliphatic hydroxyl groups is 1. The monoisotopic (exact) mass is 274 g/mol. The van der Waals surface area contributed by atoms with Gasteiger partial charge in [0.05, 0.1) is 6.10 Å². The molecule has 0 saturated carbocycles. The summed E-state index contributed by atoms with van der Waals surface area (Å²) < 4.78 is 0.